The zero-order chi connectivity index (χ0) is 20.5. The van der Waals surface area contributed by atoms with Gasteiger partial charge in [0.1, 0.15) is 0 Å². The zero-order valence-corrected chi connectivity index (χ0v) is 16.0. The third-order valence-corrected chi connectivity index (χ3v) is 4.32. The van der Waals surface area contributed by atoms with Gasteiger partial charge in [0.2, 0.25) is 11.8 Å². The molecule has 0 atom stereocenters. The van der Waals surface area contributed by atoms with Crippen LogP contribution in [0.3, 0.4) is 0 Å². The lowest BCUT2D eigenvalue weighted by molar-refractivity contribution is -0.116. The first-order valence-corrected chi connectivity index (χ1v) is 9.38. The van der Waals surface area contributed by atoms with E-state index in [2.05, 4.69) is 32.7 Å². The number of carbonyl (C=O) groups is 2. The Kier molecular flexibility index (Phi) is 7.02. The van der Waals surface area contributed by atoms with E-state index in [9.17, 15) is 9.59 Å². The summed E-state index contributed by atoms with van der Waals surface area (Å²) < 4.78 is 0. The summed E-state index contributed by atoms with van der Waals surface area (Å²) in [6.07, 6.45) is 4.38. The van der Waals surface area contributed by atoms with Crippen LogP contribution in [0.25, 0.3) is 11.4 Å². The van der Waals surface area contributed by atoms with Crippen molar-refractivity contribution in [1.82, 2.24) is 15.3 Å². The van der Waals surface area contributed by atoms with Crippen molar-refractivity contribution in [3.05, 3.63) is 78.1 Å². The molecule has 3 aromatic rings. The van der Waals surface area contributed by atoms with Crippen LogP contribution in [0.1, 0.15) is 22.3 Å². The van der Waals surface area contributed by atoms with Crippen molar-refractivity contribution >= 4 is 17.5 Å². The minimum absolute atomic E-state index is 0.0828. The second-order valence-electron chi connectivity index (χ2n) is 6.51. The molecule has 0 unspecified atom stereocenters. The van der Waals surface area contributed by atoms with E-state index in [0.29, 0.717) is 35.6 Å². The van der Waals surface area contributed by atoms with E-state index < -0.39 is 5.91 Å². The maximum atomic E-state index is 12.1. The molecule has 4 N–H and O–H groups in total. The number of nitrogens with zero attached hydrogens (tertiary/aromatic N) is 2. The fourth-order valence-corrected chi connectivity index (χ4v) is 2.77. The zero-order valence-electron chi connectivity index (χ0n) is 16.0. The Morgan fingerprint density at radius 3 is 2.48 bits per heavy atom. The lowest BCUT2D eigenvalue weighted by Gasteiger charge is -2.07. The molecule has 3 rings (SSSR count). The Labute approximate surface area is 169 Å². The van der Waals surface area contributed by atoms with Gasteiger partial charge in [0.25, 0.3) is 0 Å². The SMILES string of the molecule is NC(=O)c1ccnc(-c2ccc(NC(=O)CCNCCc3ccccc3)cn2)c1. The number of amides is 2. The largest absolute Gasteiger partial charge is 0.366 e. The summed E-state index contributed by atoms with van der Waals surface area (Å²) in [5.74, 6) is -0.601. The molecule has 0 aliphatic carbocycles. The Bertz CT molecular complexity index is 958. The van der Waals surface area contributed by atoms with Gasteiger partial charge in [-0.25, -0.2) is 0 Å². The number of aromatic nitrogens is 2. The van der Waals surface area contributed by atoms with Crippen molar-refractivity contribution in [3.8, 4) is 11.4 Å². The molecule has 0 aliphatic heterocycles. The van der Waals surface area contributed by atoms with Crippen LogP contribution in [0, 0.1) is 0 Å². The van der Waals surface area contributed by atoms with E-state index >= 15 is 0 Å². The van der Waals surface area contributed by atoms with Gasteiger partial charge in [-0.15, -0.1) is 0 Å². The second kappa shape index (κ2) is 10.1. The molecule has 7 nitrogen and oxygen atoms in total. The number of primary amides is 1. The van der Waals surface area contributed by atoms with Crippen molar-refractivity contribution in [1.29, 1.82) is 0 Å². The number of pyridine rings is 2. The highest BCUT2D eigenvalue weighted by Crippen LogP contribution is 2.17. The van der Waals surface area contributed by atoms with Gasteiger partial charge in [0.05, 0.1) is 23.3 Å². The van der Waals surface area contributed by atoms with Gasteiger partial charge in [-0.1, -0.05) is 30.3 Å². The Hall–Kier alpha value is -3.58. The monoisotopic (exact) mass is 389 g/mol. The van der Waals surface area contributed by atoms with Crippen molar-refractivity contribution in [2.24, 2.45) is 5.73 Å². The standard InChI is InChI=1S/C22H23N5O2/c23-22(29)17-9-13-25-20(14-17)19-7-6-18(15-26-19)27-21(28)10-12-24-11-8-16-4-2-1-3-5-16/h1-7,9,13-15,24H,8,10-12H2,(H2,23,29)(H,27,28). The quantitative estimate of drug-likeness (QED) is 0.487. The molecule has 0 radical (unpaired) electrons. The minimum Gasteiger partial charge on any atom is -0.366 e. The van der Waals surface area contributed by atoms with Gasteiger partial charge in [-0.2, -0.15) is 0 Å². The summed E-state index contributed by atoms with van der Waals surface area (Å²) in [4.78, 5) is 31.9. The molecule has 1 aromatic carbocycles. The van der Waals surface area contributed by atoms with Crippen LogP contribution in [-0.2, 0) is 11.2 Å². The third-order valence-electron chi connectivity index (χ3n) is 4.32. The third kappa shape index (κ3) is 6.22. The first-order valence-electron chi connectivity index (χ1n) is 9.38. The van der Waals surface area contributed by atoms with Gasteiger partial charge >= 0.3 is 0 Å². The summed E-state index contributed by atoms with van der Waals surface area (Å²) >= 11 is 0. The van der Waals surface area contributed by atoms with E-state index in [4.69, 9.17) is 5.73 Å². The van der Waals surface area contributed by atoms with Gasteiger partial charge in [0, 0.05) is 24.7 Å². The predicted molar refractivity (Wildman–Crippen MR) is 112 cm³/mol. The van der Waals surface area contributed by atoms with E-state index in [1.165, 1.54) is 11.8 Å². The molecule has 0 saturated carbocycles. The molecule has 0 aliphatic rings. The number of benzene rings is 1. The smallest absolute Gasteiger partial charge is 0.248 e. The maximum Gasteiger partial charge on any atom is 0.248 e. The van der Waals surface area contributed by atoms with Crippen molar-refractivity contribution in [2.45, 2.75) is 12.8 Å². The highest BCUT2D eigenvalue weighted by atomic mass is 16.1. The van der Waals surface area contributed by atoms with Crippen molar-refractivity contribution in [2.75, 3.05) is 18.4 Å². The van der Waals surface area contributed by atoms with E-state index in [-0.39, 0.29) is 5.91 Å². The number of hydrogen-bond donors (Lipinski definition) is 3. The normalized spacial score (nSPS) is 10.5. The number of anilines is 1. The predicted octanol–water partition coefficient (Wildman–Crippen LogP) is 2.40. The Morgan fingerprint density at radius 2 is 1.76 bits per heavy atom. The number of nitrogens with two attached hydrogens (primary N) is 1. The highest BCUT2D eigenvalue weighted by molar-refractivity contribution is 5.93. The molecular weight excluding hydrogens is 366 g/mol. The molecule has 0 spiro atoms. The van der Waals surface area contributed by atoms with Crippen LogP contribution >= 0.6 is 0 Å². The van der Waals surface area contributed by atoms with E-state index in [0.717, 1.165) is 13.0 Å². The molecule has 2 aromatic heterocycles. The molecule has 148 valence electrons. The molecule has 0 fully saturated rings. The van der Waals surface area contributed by atoms with Crippen molar-refractivity contribution in [3.63, 3.8) is 0 Å². The molecule has 29 heavy (non-hydrogen) atoms. The summed E-state index contributed by atoms with van der Waals surface area (Å²) in [6, 6.07) is 16.8. The summed E-state index contributed by atoms with van der Waals surface area (Å²) in [6.45, 7) is 1.43. The summed E-state index contributed by atoms with van der Waals surface area (Å²) in [5.41, 5.74) is 8.67. The van der Waals surface area contributed by atoms with E-state index in [1.807, 2.05) is 18.2 Å². The maximum absolute atomic E-state index is 12.1. The number of nitrogens with one attached hydrogen (secondary N) is 2. The first kappa shape index (κ1) is 20.2. The molecule has 2 amide bonds. The second-order valence-corrected chi connectivity index (χ2v) is 6.51. The number of hydrogen-bond acceptors (Lipinski definition) is 5. The fraction of sp³-hybridized carbons (Fsp3) is 0.182. The van der Waals surface area contributed by atoms with Gasteiger partial charge in [-0.05, 0) is 42.8 Å². The highest BCUT2D eigenvalue weighted by Gasteiger charge is 2.07. The summed E-state index contributed by atoms with van der Waals surface area (Å²) in [5, 5.41) is 6.10. The average Bonchev–Trinajstić information content (AvgIpc) is 2.75. The van der Waals surface area contributed by atoms with Gasteiger partial charge in [-0.3, -0.25) is 19.6 Å². The van der Waals surface area contributed by atoms with Gasteiger partial charge in [0.15, 0.2) is 0 Å². The van der Waals surface area contributed by atoms with Gasteiger partial charge < -0.3 is 16.4 Å². The number of rotatable bonds is 9. The molecule has 2 heterocycles. The Balaban J connectivity index is 1.44. The topological polar surface area (TPSA) is 110 Å². The lowest BCUT2D eigenvalue weighted by atomic mass is 10.1. The van der Waals surface area contributed by atoms with E-state index in [1.54, 1.807) is 30.5 Å². The molecule has 0 saturated heterocycles. The van der Waals surface area contributed by atoms with Crippen molar-refractivity contribution < 1.29 is 9.59 Å². The Morgan fingerprint density at radius 1 is 0.931 bits per heavy atom. The minimum atomic E-state index is -0.519. The first-order chi connectivity index (χ1) is 14.1. The van der Waals surface area contributed by atoms with Crippen LogP contribution in [0.5, 0.6) is 0 Å². The van der Waals surface area contributed by atoms with Crippen LogP contribution < -0.4 is 16.4 Å². The lowest BCUT2D eigenvalue weighted by Crippen LogP contribution is -2.23. The molecular formula is C22H23N5O2. The van der Waals surface area contributed by atoms with Crippen LogP contribution in [0.15, 0.2) is 67.0 Å². The average molecular weight is 389 g/mol. The van der Waals surface area contributed by atoms with Crippen LogP contribution in [0.4, 0.5) is 5.69 Å². The fourth-order valence-electron chi connectivity index (χ4n) is 2.77. The van der Waals surface area contributed by atoms with Crippen LogP contribution in [0.2, 0.25) is 0 Å². The summed E-state index contributed by atoms with van der Waals surface area (Å²) in [7, 11) is 0. The van der Waals surface area contributed by atoms with Crippen LogP contribution in [-0.4, -0.2) is 34.9 Å². The number of carbonyl (C=O) groups excluding carboxylic acids is 2. The molecule has 0 bridgehead atoms. The molecule has 7 heteroatoms.